The molecule has 0 aliphatic carbocycles. The van der Waals surface area contributed by atoms with Crippen LogP contribution in [-0.4, -0.2) is 12.6 Å². The van der Waals surface area contributed by atoms with E-state index in [2.05, 4.69) is 61.7 Å². The molecule has 3 nitrogen and oxygen atoms in total. The third kappa shape index (κ3) is 8.16. The number of anilines is 1. The van der Waals surface area contributed by atoms with Crippen molar-refractivity contribution in [1.29, 1.82) is 0 Å². The van der Waals surface area contributed by atoms with Gasteiger partial charge in [-0.1, -0.05) is 88.9 Å². The van der Waals surface area contributed by atoms with Crippen molar-refractivity contribution in [3.63, 3.8) is 0 Å². The van der Waals surface area contributed by atoms with Gasteiger partial charge in [-0.15, -0.1) is 0 Å². The van der Waals surface area contributed by atoms with Crippen LogP contribution in [-0.2, 0) is 12.8 Å². The van der Waals surface area contributed by atoms with Crippen molar-refractivity contribution in [1.82, 2.24) is 5.32 Å². The van der Waals surface area contributed by atoms with Crippen LogP contribution >= 0.6 is 0 Å². The summed E-state index contributed by atoms with van der Waals surface area (Å²) in [6, 6.07) is 16.8. The summed E-state index contributed by atoms with van der Waals surface area (Å²) < 4.78 is 0. The van der Waals surface area contributed by atoms with Gasteiger partial charge in [0.25, 0.3) is 0 Å². The second kappa shape index (κ2) is 12.2. The fraction of sp³-hybridized carbons (Fsp3) is 0.480. The number of unbranched alkanes of at least 4 members (excludes halogenated alkanes) is 4. The van der Waals surface area contributed by atoms with Gasteiger partial charge >= 0.3 is 6.03 Å². The topological polar surface area (TPSA) is 41.1 Å². The molecule has 0 bridgehead atoms. The molecule has 2 aromatic carbocycles. The number of hydrogen-bond donors (Lipinski definition) is 2. The molecule has 2 aromatic rings. The number of carbonyl (C=O) groups is 1. The van der Waals surface area contributed by atoms with E-state index in [-0.39, 0.29) is 6.03 Å². The zero-order chi connectivity index (χ0) is 20.2. The van der Waals surface area contributed by atoms with Crippen LogP contribution in [0.3, 0.4) is 0 Å². The molecule has 0 atom stereocenters. The van der Waals surface area contributed by atoms with Crippen molar-refractivity contribution in [2.75, 3.05) is 11.9 Å². The average Bonchev–Trinajstić information content (AvgIpc) is 2.67. The van der Waals surface area contributed by atoms with Crippen LogP contribution in [0.5, 0.6) is 0 Å². The number of rotatable bonds is 11. The van der Waals surface area contributed by atoms with Gasteiger partial charge in [-0.3, -0.25) is 0 Å². The van der Waals surface area contributed by atoms with Crippen LogP contribution in [0.15, 0.2) is 48.5 Å². The molecule has 0 unspecified atom stereocenters. The molecule has 0 saturated carbocycles. The molecule has 0 fully saturated rings. The fourth-order valence-electron chi connectivity index (χ4n) is 3.38. The van der Waals surface area contributed by atoms with Gasteiger partial charge in [0.05, 0.1) is 0 Å². The Morgan fingerprint density at radius 2 is 1.57 bits per heavy atom. The maximum atomic E-state index is 12.2. The molecule has 0 saturated heterocycles. The number of urea groups is 1. The highest BCUT2D eigenvalue weighted by Gasteiger charge is 2.07. The molecule has 28 heavy (non-hydrogen) atoms. The molecule has 3 heteroatoms. The van der Waals surface area contributed by atoms with Gasteiger partial charge in [-0.2, -0.15) is 0 Å². The minimum absolute atomic E-state index is 0.116. The van der Waals surface area contributed by atoms with Crippen molar-refractivity contribution in [3.8, 4) is 0 Å². The predicted molar refractivity (Wildman–Crippen MR) is 120 cm³/mol. The second-order valence-corrected chi connectivity index (χ2v) is 8.04. The normalized spacial score (nSPS) is 10.9. The van der Waals surface area contributed by atoms with Gasteiger partial charge in [0.15, 0.2) is 0 Å². The lowest BCUT2D eigenvalue weighted by Gasteiger charge is -2.13. The Morgan fingerprint density at radius 3 is 2.29 bits per heavy atom. The quantitative estimate of drug-likeness (QED) is 0.425. The van der Waals surface area contributed by atoms with Crippen molar-refractivity contribution >= 4 is 11.7 Å². The van der Waals surface area contributed by atoms with E-state index in [0.29, 0.717) is 5.92 Å². The molecule has 2 N–H and O–H groups in total. The Balaban J connectivity index is 1.87. The second-order valence-electron chi connectivity index (χ2n) is 8.04. The van der Waals surface area contributed by atoms with Gasteiger partial charge in [0, 0.05) is 12.2 Å². The molecular formula is C25H36N2O. The monoisotopic (exact) mass is 380 g/mol. The van der Waals surface area contributed by atoms with E-state index < -0.39 is 0 Å². The number of carbonyl (C=O) groups excluding carboxylic acids is 1. The Morgan fingerprint density at radius 1 is 0.893 bits per heavy atom. The van der Waals surface area contributed by atoms with E-state index in [1.54, 1.807) is 0 Å². The molecule has 0 heterocycles. The first-order valence-corrected chi connectivity index (χ1v) is 10.8. The minimum Gasteiger partial charge on any atom is -0.338 e. The van der Waals surface area contributed by atoms with Crippen molar-refractivity contribution in [3.05, 3.63) is 65.2 Å². The maximum absolute atomic E-state index is 12.2. The summed E-state index contributed by atoms with van der Waals surface area (Å²) in [5, 5.41) is 6.00. The third-order valence-electron chi connectivity index (χ3n) is 4.89. The first-order chi connectivity index (χ1) is 13.6. The predicted octanol–water partition coefficient (Wildman–Crippen LogP) is 6.57. The minimum atomic E-state index is -0.116. The van der Waals surface area contributed by atoms with E-state index in [4.69, 9.17) is 0 Å². The van der Waals surface area contributed by atoms with Crippen LogP contribution in [0.25, 0.3) is 0 Å². The number of nitrogens with one attached hydrogen (secondary N) is 2. The maximum Gasteiger partial charge on any atom is 0.319 e. The zero-order valence-electron chi connectivity index (χ0n) is 17.8. The lowest BCUT2D eigenvalue weighted by molar-refractivity contribution is 0.252. The van der Waals surface area contributed by atoms with E-state index in [1.807, 2.05) is 18.2 Å². The van der Waals surface area contributed by atoms with Crippen LogP contribution < -0.4 is 10.6 Å². The number of amides is 2. The van der Waals surface area contributed by atoms with Crippen LogP contribution in [0.4, 0.5) is 10.5 Å². The molecule has 2 rings (SSSR count). The van der Waals surface area contributed by atoms with Crippen LogP contribution in [0.1, 0.15) is 69.6 Å². The highest BCUT2D eigenvalue weighted by atomic mass is 16.2. The van der Waals surface area contributed by atoms with E-state index in [0.717, 1.165) is 37.1 Å². The smallest absolute Gasteiger partial charge is 0.319 e. The first-order valence-electron chi connectivity index (χ1n) is 10.8. The molecule has 0 aliphatic rings. The molecular weight excluding hydrogens is 344 g/mol. The SMILES string of the molecule is CCCCCCCNC(=O)Nc1ccccc1Cc1ccc(CC(C)C)cc1. The standard InChI is InChI=1S/C25H36N2O/c1-4-5-6-7-10-17-26-25(28)27-24-12-9-8-11-23(24)19-22-15-13-21(14-16-22)18-20(2)3/h8-9,11-16,20H,4-7,10,17-19H2,1-3H3,(H2,26,27,28). The zero-order valence-corrected chi connectivity index (χ0v) is 17.8. The summed E-state index contributed by atoms with van der Waals surface area (Å²) in [6.07, 6.45) is 7.91. The highest BCUT2D eigenvalue weighted by molar-refractivity contribution is 5.90. The van der Waals surface area contributed by atoms with Crippen LogP contribution in [0.2, 0.25) is 0 Å². The Kier molecular flexibility index (Phi) is 9.61. The lowest BCUT2D eigenvalue weighted by atomic mass is 9.98. The first kappa shape index (κ1) is 22.0. The summed E-state index contributed by atoms with van der Waals surface area (Å²) >= 11 is 0. The summed E-state index contributed by atoms with van der Waals surface area (Å²) in [5.74, 6) is 0.668. The van der Waals surface area contributed by atoms with Gasteiger partial charge in [0.1, 0.15) is 0 Å². The Hall–Kier alpha value is -2.29. The summed E-state index contributed by atoms with van der Waals surface area (Å²) in [5.41, 5.74) is 4.66. The Labute approximate surface area is 170 Å². The molecule has 152 valence electrons. The van der Waals surface area contributed by atoms with Crippen molar-refractivity contribution in [2.24, 2.45) is 5.92 Å². The number of para-hydroxylation sites is 1. The molecule has 2 amide bonds. The largest absolute Gasteiger partial charge is 0.338 e. The summed E-state index contributed by atoms with van der Waals surface area (Å²) in [4.78, 5) is 12.2. The third-order valence-corrected chi connectivity index (χ3v) is 4.89. The van der Waals surface area contributed by atoms with Crippen molar-refractivity contribution < 1.29 is 4.79 Å². The van der Waals surface area contributed by atoms with Gasteiger partial charge in [-0.05, 0) is 47.9 Å². The lowest BCUT2D eigenvalue weighted by Crippen LogP contribution is -2.29. The van der Waals surface area contributed by atoms with Gasteiger partial charge in [-0.25, -0.2) is 4.79 Å². The van der Waals surface area contributed by atoms with E-state index in [1.165, 1.54) is 36.8 Å². The molecule has 0 spiro atoms. The summed E-state index contributed by atoms with van der Waals surface area (Å²) in [6.45, 7) is 7.43. The van der Waals surface area contributed by atoms with Gasteiger partial charge in [0.2, 0.25) is 0 Å². The van der Waals surface area contributed by atoms with E-state index in [9.17, 15) is 4.79 Å². The Bertz CT molecular complexity index is 707. The van der Waals surface area contributed by atoms with Gasteiger partial charge < -0.3 is 10.6 Å². The number of hydrogen-bond acceptors (Lipinski definition) is 1. The molecule has 0 radical (unpaired) electrons. The average molecular weight is 381 g/mol. The van der Waals surface area contributed by atoms with E-state index >= 15 is 0 Å². The molecule has 0 aliphatic heterocycles. The van der Waals surface area contributed by atoms with Crippen LogP contribution in [0, 0.1) is 5.92 Å². The van der Waals surface area contributed by atoms with Crippen molar-refractivity contribution in [2.45, 2.75) is 65.7 Å². The highest BCUT2D eigenvalue weighted by Crippen LogP contribution is 2.20. The number of benzene rings is 2. The molecule has 0 aromatic heterocycles. The fourth-order valence-corrected chi connectivity index (χ4v) is 3.38. The summed E-state index contributed by atoms with van der Waals surface area (Å²) in [7, 11) is 0.